The molecule has 19 heavy (non-hydrogen) atoms. The van der Waals surface area contributed by atoms with Crippen molar-refractivity contribution in [1.82, 2.24) is 4.98 Å². The zero-order valence-corrected chi connectivity index (χ0v) is 11.7. The van der Waals surface area contributed by atoms with E-state index in [0.717, 1.165) is 44.1 Å². The highest BCUT2D eigenvalue weighted by Crippen LogP contribution is 2.24. The molecule has 0 amide bonds. The van der Waals surface area contributed by atoms with Gasteiger partial charge in [0.1, 0.15) is 0 Å². The van der Waals surface area contributed by atoms with E-state index in [9.17, 15) is 4.79 Å². The molecule has 0 aliphatic heterocycles. The molecule has 3 aromatic rings. The van der Waals surface area contributed by atoms with Gasteiger partial charge < -0.3 is 4.98 Å². The zero-order chi connectivity index (χ0) is 13.7. The lowest BCUT2D eigenvalue weighted by molar-refractivity contribution is 1.34. The monoisotopic (exact) mass is 251 g/mol. The lowest BCUT2D eigenvalue weighted by Crippen LogP contribution is -2.09. The Morgan fingerprint density at radius 2 is 1.05 bits per heavy atom. The largest absolute Gasteiger partial charge is 0.354 e. The standard InChI is InChI=1S/C17H17NO/c1-9-5-7-11(3)15-13(9)17(19)14-10(2)6-8-12(4)16(14)18-15/h5-8H,1-4H3,(H,18,19). The van der Waals surface area contributed by atoms with E-state index in [1.165, 1.54) is 0 Å². The molecule has 1 aromatic heterocycles. The molecule has 0 radical (unpaired) electrons. The van der Waals surface area contributed by atoms with Crippen LogP contribution in [0.15, 0.2) is 29.1 Å². The van der Waals surface area contributed by atoms with Gasteiger partial charge >= 0.3 is 0 Å². The first-order chi connectivity index (χ1) is 9.00. The van der Waals surface area contributed by atoms with Gasteiger partial charge in [-0.15, -0.1) is 0 Å². The highest BCUT2D eigenvalue weighted by atomic mass is 16.1. The molecule has 0 unspecified atom stereocenters. The minimum absolute atomic E-state index is 0.145. The van der Waals surface area contributed by atoms with Crippen LogP contribution >= 0.6 is 0 Å². The third-order valence-electron chi connectivity index (χ3n) is 3.95. The van der Waals surface area contributed by atoms with Crippen LogP contribution in [0.5, 0.6) is 0 Å². The maximum atomic E-state index is 12.8. The minimum atomic E-state index is 0.145. The summed E-state index contributed by atoms with van der Waals surface area (Å²) in [7, 11) is 0. The average molecular weight is 251 g/mol. The summed E-state index contributed by atoms with van der Waals surface area (Å²) in [6, 6.07) is 8.16. The molecule has 0 aliphatic carbocycles. The summed E-state index contributed by atoms with van der Waals surface area (Å²) >= 11 is 0. The van der Waals surface area contributed by atoms with Crippen LogP contribution in [-0.4, -0.2) is 4.98 Å². The van der Waals surface area contributed by atoms with Crippen LogP contribution in [0, 0.1) is 27.7 Å². The molecule has 0 fully saturated rings. The summed E-state index contributed by atoms with van der Waals surface area (Å²) in [5, 5.41) is 1.64. The third-order valence-corrected chi connectivity index (χ3v) is 3.95. The van der Waals surface area contributed by atoms with E-state index >= 15 is 0 Å². The molecule has 1 N–H and O–H groups in total. The van der Waals surface area contributed by atoms with Gasteiger partial charge in [0.25, 0.3) is 0 Å². The van der Waals surface area contributed by atoms with E-state index in [1.54, 1.807) is 0 Å². The number of aryl methyl sites for hydroxylation is 4. The minimum Gasteiger partial charge on any atom is -0.354 e. The summed E-state index contributed by atoms with van der Waals surface area (Å²) in [6.07, 6.45) is 0. The quantitative estimate of drug-likeness (QED) is 0.604. The molecule has 0 atom stereocenters. The van der Waals surface area contributed by atoms with Crippen LogP contribution in [0.2, 0.25) is 0 Å². The van der Waals surface area contributed by atoms with E-state index in [-0.39, 0.29) is 5.43 Å². The van der Waals surface area contributed by atoms with Gasteiger partial charge in [-0.1, -0.05) is 24.3 Å². The van der Waals surface area contributed by atoms with Gasteiger partial charge in [-0.2, -0.15) is 0 Å². The number of nitrogens with one attached hydrogen (secondary N) is 1. The van der Waals surface area contributed by atoms with Gasteiger partial charge in [-0.25, -0.2) is 0 Å². The Kier molecular flexibility index (Phi) is 2.49. The molecule has 2 heteroatoms. The molecule has 96 valence electrons. The number of hydrogen-bond acceptors (Lipinski definition) is 1. The van der Waals surface area contributed by atoms with E-state index in [0.29, 0.717) is 0 Å². The molecule has 0 spiro atoms. The number of aromatic nitrogens is 1. The molecule has 0 saturated heterocycles. The fourth-order valence-electron chi connectivity index (χ4n) is 2.78. The van der Waals surface area contributed by atoms with Crippen LogP contribution in [0.25, 0.3) is 21.8 Å². The van der Waals surface area contributed by atoms with Crippen LogP contribution in [0.4, 0.5) is 0 Å². The van der Waals surface area contributed by atoms with E-state index in [2.05, 4.69) is 17.1 Å². The van der Waals surface area contributed by atoms with Gasteiger partial charge in [0.15, 0.2) is 5.43 Å². The lowest BCUT2D eigenvalue weighted by atomic mass is 9.99. The van der Waals surface area contributed by atoms with Crippen molar-refractivity contribution in [3.8, 4) is 0 Å². The van der Waals surface area contributed by atoms with Crippen molar-refractivity contribution in [3.05, 3.63) is 56.7 Å². The summed E-state index contributed by atoms with van der Waals surface area (Å²) < 4.78 is 0. The van der Waals surface area contributed by atoms with Gasteiger partial charge in [0.2, 0.25) is 0 Å². The summed E-state index contributed by atoms with van der Waals surface area (Å²) in [4.78, 5) is 16.3. The summed E-state index contributed by atoms with van der Waals surface area (Å²) in [5.74, 6) is 0. The molecule has 2 nitrogen and oxygen atoms in total. The maximum Gasteiger partial charge on any atom is 0.197 e. The lowest BCUT2D eigenvalue weighted by Gasteiger charge is -2.11. The summed E-state index contributed by atoms with van der Waals surface area (Å²) in [6.45, 7) is 8.06. The average Bonchev–Trinajstić information content (AvgIpc) is 2.38. The van der Waals surface area contributed by atoms with Gasteiger partial charge in [-0.3, -0.25) is 4.79 Å². The first-order valence-electron chi connectivity index (χ1n) is 6.53. The van der Waals surface area contributed by atoms with Crippen molar-refractivity contribution >= 4 is 21.8 Å². The Morgan fingerprint density at radius 3 is 1.47 bits per heavy atom. The Labute approximate surface area is 112 Å². The molecule has 2 aromatic carbocycles. The maximum absolute atomic E-state index is 12.8. The topological polar surface area (TPSA) is 32.9 Å². The van der Waals surface area contributed by atoms with Crippen molar-refractivity contribution in [2.24, 2.45) is 0 Å². The molecule has 1 heterocycles. The second-order valence-electron chi connectivity index (χ2n) is 5.35. The number of H-pyrrole nitrogens is 1. The van der Waals surface area contributed by atoms with Crippen molar-refractivity contribution in [2.75, 3.05) is 0 Å². The van der Waals surface area contributed by atoms with Crippen LogP contribution in [0.1, 0.15) is 22.3 Å². The van der Waals surface area contributed by atoms with Crippen molar-refractivity contribution < 1.29 is 0 Å². The zero-order valence-electron chi connectivity index (χ0n) is 11.7. The summed E-state index contributed by atoms with van der Waals surface area (Å²) in [5.41, 5.74) is 6.36. The fourth-order valence-corrected chi connectivity index (χ4v) is 2.78. The number of rotatable bonds is 0. The van der Waals surface area contributed by atoms with Gasteiger partial charge in [0.05, 0.1) is 11.0 Å². The van der Waals surface area contributed by atoms with Crippen molar-refractivity contribution in [2.45, 2.75) is 27.7 Å². The Bertz CT molecular complexity index is 803. The molecule has 0 saturated carbocycles. The van der Waals surface area contributed by atoms with Gasteiger partial charge in [-0.05, 0) is 49.9 Å². The Morgan fingerprint density at radius 1 is 0.684 bits per heavy atom. The molecule has 0 bridgehead atoms. The Hall–Kier alpha value is -2.09. The number of aromatic amines is 1. The first kappa shape index (κ1) is 12.0. The smallest absolute Gasteiger partial charge is 0.197 e. The van der Waals surface area contributed by atoms with Crippen LogP contribution in [-0.2, 0) is 0 Å². The number of hydrogen-bond donors (Lipinski definition) is 1. The van der Waals surface area contributed by atoms with E-state index in [4.69, 9.17) is 0 Å². The first-order valence-corrected chi connectivity index (χ1v) is 6.53. The number of pyridine rings is 1. The molecule has 3 rings (SSSR count). The van der Waals surface area contributed by atoms with Crippen molar-refractivity contribution in [1.29, 1.82) is 0 Å². The second-order valence-corrected chi connectivity index (χ2v) is 5.35. The number of benzene rings is 2. The third kappa shape index (κ3) is 1.60. The van der Waals surface area contributed by atoms with Crippen LogP contribution in [0.3, 0.4) is 0 Å². The predicted molar refractivity (Wildman–Crippen MR) is 81.0 cm³/mol. The molecule has 0 aliphatic rings. The normalized spacial score (nSPS) is 11.4. The highest BCUT2D eigenvalue weighted by molar-refractivity contribution is 5.97. The molecular weight excluding hydrogens is 234 g/mol. The second kappa shape index (κ2) is 3.95. The Balaban J connectivity index is 2.73. The molecular formula is C17H17NO. The van der Waals surface area contributed by atoms with E-state index < -0.39 is 0 Å². The number of fused-ring (bicyclic) bond motifs is 2. The van der Waals surface area contributed by atoms with Crippen molar-refractivity contribution in [3.63, 3.8) is 0 Å². The highest BCUT2D eigenvalue weighted by Gasteiger charge is 2.12. The SMILES string of the molecule is Cc1ccc(C)c2c(=O)c3c(C)ccc(C)c3[nH]c12. The van der Waals surface area contributed by atoms with E-state index in [1.807, 2.05) is 39.8 Å². The fraction of sp³-hybridized carbons (Fsp3) is 0.235. The van der Waals surface area contributed by atoms with Gasteiger partial charge in [0, 0.05) is 10.8 Å². The van der Waals surface area contributed by atoms with Crippen LogP contribution < -0.4 is 5.43 Å². The predicted octanol–water partition coefficient (Wildman–Crippen LogP) is 3.91.